The summed E-state index contributed by atoms with van der Waals surface area (Å²) in [6.45, 7) is 10.3. The lowest BCUT2D eigenvalue weighted by atomic mass is 10.0. The maximum absolute atomic E-state index is 3.92. The molecule has 1 aromatic carbocycles. The van der Waals surface area contributed by atoms with Gasteiger partial charge in [0.15, 0.2) is 0 Å². The van der Waals surface area contributed by atoms with E-state index in [0.29, 0.717) is 0 Å². The van der Waals surface area contributed by atoms with Gasteiger partial charge in [0.2, 0.25) is 0 Å². The van der Waals surface area contributed by atoms with Gasteiger partial charge >= 0.3 is 0 Å². The molecular formula is C13H17Br. The van der Waals surface area contributed by atoms with Crippen molar-refractivity contribution in [2.24, 2.45) is 0 Å². The molecule has 0 nitrogen and oxygen atoms in total. The largest absolute Gasteiger partial charge is 0.100 e. The molecule has 0 aromatic heterocycles. The highest BCUT2D eigenvalue weighted by Gasteiger charge is 2.02. The Hall–Kier alpha value is -0.560. The summed E-state index contributed by atoms with van der Waals surface area (Å²) in [6, 6.07) is 4.50. The van der Waals surface area contributed by atoms with Gasteiger partial charge in [0.1, 0.15) is 0 Å². The van der Waals surface area contributed by atoms with Gasteiger partial charge in [-0.15, -0.1) is 6.58 Å². The molecule has 0 unspecified atom stereocenters. The SMILES string of the molecule is C=C(C)CCc1cc(C)c(Br)c(C)c1. The van der Waals surface area contributed by atoms with Crippen molar-refractivity contribution in [2.75, 3.05) is 0 Å². The summed E-state index contributed by atoms with van der Waals surface area (Å²) in [7, 11) is 0. The zero-order valence-corrected chi connectivity index (χ0v) is 10.7. The molecule has 0 bridgehead atoms. The average molecular weight is 253 g/mol. The van der Waals surface area contributed by atoms with Crippen LogP contribution in [0.15, 0.2) is 28.8 Å². The number of halogens is 1. The van der Waals surface area contributed by atoms with Gasteiger partial charge in [-0.25, -0.2) is 0 Å². The Bertz CT molecular complexity index is 327. The standard InChI is InChI=1S/C13H17Br/c1-9(2)5-6-12-7-10(3)13(14)11(4)8-12/h7-8H,1,5-6H2,2-4H3. The number of benzene rings is 1. The van der Waals surface area contributed by atoms with Crippen LogP contribution in [0.5, 0.6) is 0 Å². The molecule has 76 valence electrons. The van der Waals surface area contributed by atoms with Crippen molar-refractivity contribution in [3.63, 3.8) is 0 Å². The molecule has 0 amide bonds. The number of hydrogen-bond donors (Lipinski definition) is 0. The van der Waals surface area contributed by atoms with Gasteiger partial charge in [0, 0.05) is 4.47 Å². The molecule has 0 heterocycles. The van der Waals surface area contributed by atoms with Crippen LogP contribution >= 0.6 is 15.9 Å². The van der Waals surface area contributed by atoms with E-state index in [4.69, 9.17) is 0 Å². The van der Waals surface area contributed by atoms with Gasteiger partial charge in [-0.2, -0.15) is 0 Å². The Morgan fingerprint density at radius 3 is 2.21 bits per heavy atom. The molecule has 0 saturated carbocycles. The zero-order valence-electron chi connectivity index (χ0n) is 9.15. The quantitative estimate of drug-likeness (QED) is 0.692. The molecule has 0 fully saturated rings. The van der Waals surface area contributed by atoms with Crippen LogP contribution in [0.3, 0.4) is 0 Å². The van der Waals surface area contributed by atoms with Crippen molar-refractivity contribution < 1.29 is 0 Å². The van der Waals surface area contributed by atoms with Crippen molar-refractivity contribution in [2.45, 2.75) is 33.6 Å². The highest BCUT2D eigenvalue weighted by Crippen LogP contribution is 2.23. The van der Waals surface area contributed by atoms with E-state index in [1.54, 1.807) is 0 Å². The van der Waals surface area contributed by atoms with Crippen molar-refractivity contribution in [3.8, 4) is 0 Å². The molecule has 0 saturated heterocycles. The van der Waals surface area contributed by atoms with Crippen molar-refractivity contribution >= 4 is 15.9 Å². The van der Waals surface area contributed by atoms with Gasteiger partial charge < -0.3 is 0 Å². The normalized spacial score (nSPS) is 10.3. The maximum atomic E-state index is 3.92. The monoisotopic (exact) mass is 252 g/mol. The predicted molar refractivity (Wildman–Crippen MR) is 66.8 cm³/mol. The molecule has 1 heteroatoms. The smallest absolute Gasteiger partial charge is 0.0233 e. The first-order valence-corrected chi connectivity index (χ1v) is 5.70. The summed E-state index contributed by atoms with van der Waals surface area (Å²) in [6.07, 6.45) is 2.19. The van der Waals surface area contributed by atoms with Gasteiger partial charge in [-0.1, -0.05) is 33.6 Å². The first-order valence-electron chi connectivity index (χ1n) is 4.90. The van der Waals surface area contributed by atoms with Crippen LogP contribution in [0, 0.1) is 13.8 Å². The summed E-state index contributed by atoms with van der Waals surface area (Å²) in [5.74, 6) is 0. The minimum Gasteiger partial charge on any atom is -0.100 e. The predicted octanol–water partition coefficient (Wildman–Crippen LogP) is 4.57. The van der Waals surface area contributed by atoms with Crippen LogP contribution in [-0.4, -0.2) is 0 Å². The molecule has 0 spiro atoms. The minimum absolute atomic E-state index is 1.08. The van der Waals surface area contributed by atoms with Crippen molar-refractivity contribution in [1.29, 1.82) is 0 Å². The molecule has 0 aliphatic rings. The minimum atomic E-state index is 1.08. The summed E-state index contributed by atoms with van der Waals surface area (Å²) in [4.78, 5) is 0. The molecule has 14 heavy (non-hydrogen) atoms. The Labute approximate surface area is 95.2 Å². The lowest BCUT2D eigenvalue weighted by Crippen LogP contribution is -1.90. The molecule has 1 aromatic rings. The van der Waals surface area contributed by atoms with Crippen LogP contribution in [-0.2, 0) is 6.42 Å². The maximum Gasteiger partial charge on any atom is 0.0233 e. The second kappa shape index (κ2) is 4.79. The van der Waals surface area contributed by atoms with Crippen molar-refractivity contribution in [3.05, 3.63) is 45.4 Å². The van der Waals surface area contributed by atoms with Crippen molar-refractivity contribution in [1.82, 2.24) is 0 Å². The third-order valence-corrected chi connectivity index (χ3v) is 3.59. The third kappa shape index (κ3) is 2.98. The van der Waals surface area contributed by atoms with Crippen LogP contribution in [0.2, 0.25) is 0 Å². The van der Waals surface area contributed by atoms with Gasteiger partial charge in [0.25, 0.3) is 0 Å². The van der Waals surface area contributed by atoms with Crippen LogP contribution in [0.1, 0.15) is 30.0 Å². The molecule has 0 N–H and O–H groups in total. The van der Waals surface area contributed by atoms with E-state index in [1.165, 1.54) is 26.7 Å². The van der Waals surface area contributed by atoms with E-state index in [1.807, 2.05) is 0 Å². The first kappa shape index (κ1) is 11.5. The first-order chi connectivity index (χ1) is 6.50. The van der Waals surface area contributed by atoms with E-state index in [9.17, 15) is 0 Å². The Kier molecular flexibility index (Phi) is 3.94. The number of allylic oxidation sites excluding steroid dienone is 1. The Morgan fingerprint density at radius 2 is 1.79 bits per heavy atom. The molecule has 0 aliphatic heterocycles. The number of aryl methyl sites for hydroxylation is 3. The van der Waals surface area contributed by atoms with Gasteiger partial charge in [0.05, 0.1) is 0 Å². The average Bonchev–Trinajstić information content (AvgIpc) is 2.10. The molecule has 1 rings (SSSR count). The molecular weight excluding hydrogens is 236 g/mol. The highest BCUT2D eigenvalue weighted by molar-refractivity contribution is 9.10. The van der Waals surface area contributed by atoms with Crippen LogP contribution < -0.4 is 0 Å². The van der Waals surface area contributed by atoms with Gasteiger partial charge in [-0.05, 0) is 50.3 Å². The Balaban J connectivity index is 2.84. The second-order valence-corrected chi connectivity index (χ2v) is 4.79. The summed E-state index contributed by atoms with van der Waals surface area (Å²) in [5, 5.41) is 0. The van der Waals surface area contributed by atoms with E-state index < -0.39 is 0 Å². The fraction of sp³-hybridized carbons (Fsp3) is 0.385. The van der Waals surface area contributed by atoms with E-state index in [2.05, 4.69) is 55.4 Å². The lowest BCUT2D eigenvalue weighted by molar-refractivity contribution is 0.941. The van der Waals surface area contributed by atoms with Crippen LogP contribution in [0.4, 0.5) is 0 Å². The van der Waals surface area contributed by atoms with E-state index in [0.717, 1.165) is 12.8 Å². The van der Waals surface area contributed by atoms with Gasteiger partial charge in [-0.3, -0.25) is 0 Å². The van der Waals surface area contributed by atoms with E-state index in [-0.39, 0.29) is 0 Å². The highest BCUT2D eigenvalue weighted by atomic mass is 79.9. The topological polar surface area (TPSA) is 0 Å². The zero-order chi connectivity index (χ0) is 10.7. The fourth-order valence-electron chi connectivity index (χ4n) is 1.54. The van der Waals surface area contributed by atoms with E-state index >= 15 is 0 Å². The number of rotatable bonds is 3. The fourth-order valence-corrected chi connectivity index (χ4v) is 1.77. The number of hydrogen-bond acceptors (Lipinski definition) is 0. The molecule has 0 radical (unpaired) electrons. The van der Waals surface area contributed by atoms with Crippen LogP contribution in [0.25, 0.3) is 0 Å². The lowest BCUT2D eigenvalue weighted by Gasteiger charge is -2.07. The summed E-state index contributed by atoms with van der Waals surface area (Å²) < 4.78 is 1.23. The Morgan fingerprint density at radius 1 is 1.29 bits per heavy atom. The molecule has 0 aliphatic carbocycles. The third-order valence-electron chi connectivity index (χ3n) is 2.34. The molecule has 0 atom stereocenters. The summed E-state index contributed by atoms with van der Waals surface area (Å²) in [5.41, 5.74) is 5.30. The summed E-state index contributed by atoms with van der Waals surface area (Å²) >= 11 is 3.58. The second-order valence-electron chi connectivity index (χ2n) is 4.00.